The van der Waals surface area contributed by atoms with E-state index in [0.717, 1.165) is 7.11 Å². The van der Waals surface area contributed by atoms with Crippen molar-refractivity contribution in [1.29, 1.82) is 0 Å². The van der Waals surface area contributed by atoms with Crippen molar-refractivity contribution in [2.45, 2.75) is 18.1 Å². The molecule has 0 N–H and O–H groups in total. The van der Waals surface area contributed by atoms with Crippen molar-refractivity contribution < 1.29 is 36.2 Å². The SMILES string of the molecule is COC(=O)c1cc(OC(F)(F)F)nc(C(F)F)c1CBr. The second-order valence-electron chi connectivity index (χ2n) is 3.35. The van der Waals surface area contributed by atoms with E-state index in [2.05, 4.69) is 30.4 Å². The Balaban J connectivity index is 3.43. The number of pyridine rings is 1. The van der Waals surface area contributed by atoms with Gasteiger partial charge in [0, 0.05) is 17.0 Å². The lowest BCUT2D eigenvalue weighted by Gasteiger charge is -2.14. The number of alkyl halides is 6. The van der Waals surface area contributed by atoms with Crippen molar-refractivity contribution in [3.05, 3.63) is 22.9 Å². The van der Waals surface area contributed by atoms with Crippen molar-refractivity contribution in [2.24, 2.45) is 0 Å². The van der Waals surface area contributed by atoms with Crippen LogP contribution in [0.1, 0.15) is 28.0 Å². The van der Waals surface area contributed by atoms with Crippen LogP contribution in [0.5, 0.6) is 5.88 Å². The maximum absolute atomic E-state index is 12.8. The molecule has 112 valence electrons. The molecule has 0 aliphatic heterocycles. The van der Waals surface area contributed by atoms with Crippen molar-refractivity contribution in [3.63, 3.8) is 0 Å². The molecule has 0 saturated carbocycles. The lowest BCUT2D eigenvalue weighted by atomic mass is 10.1. The molecular weight excluding hydrogens is 357 g/mol. The van der Waals surface area contributed by atoms with Gasteiger partial charge in [-0.2, -0.15) is 0 Å². The summed E-state index contributed by atoms with van der Waals surface area (Å²) < 4.78 is 69.7. The third kappa shape index (κ3) is 4.02. The Kier molecular flexibility index (Phi) is 5.26. The standard InChI is InChI=1S/C10H7BrF5NO3/c1-19-9(18)4-2-6(20-10(14,15)16)17-7(8(12)13)5(4)3-11/h2,8H,3H2,1H3. The van der Waals surface area contributed by atoms with Crippen LogP contribution in [0.15, 0.2) is 6.07 Å². The molecule has 0 spiro atoms. The second-order valence-corrected chi connectivity index (χ2v) is 3.91. The number of hydrogen-bond acceptors (Lipinski definition) is 4. The van der Waals surface area contributed by atoms with Crippen LogP contribution >= 0.6 is 15.9 Å². The molecule has 1 aromatic rings. The molecule has 0 radical (unpaired) electrons. The minimum atomic E-state index is -5.12. The molecular formula is C10H7BrF5NO3. The summed E-state index contributed by atoms with van der Waals surface area (Å²) in [5.41, 5.74) is -1.72. The highest BCUT2D eigenvalue weighted by Gasteiger charge is 2.33. The lowest BCUT2D eigenvalue weighted by molar-refractivity contribution is -0.276. The third-order valence-corrected chi connectivity index (χ3v) is 2.66. The van der Waals surface area contributed by atoms with E-state index in [1.165, 1.54) is 0 Å². The zero-order valence-corrected chi connectivity index (χ0v) is 11.4. The van der Waals surface area contributed by atoms with E-state index in [1.54, 1.807) is 0 Å². The largest absolute Gasteiger partial charge is 0.574 e. The van der Waals surface area contributed by atoms with E-state index in [0.29, 0.717) is 6.07 Å². The third-order valence-electron chi connectivity index (χ3n) is 2.10. The van der Waals surface area contributed by atoms with E-state index in [1.807, 2.05) is 0 Å². The summed E-state index contributed by atoms with van der Waals surface area (Å²) in [6.45, 7) is 0. The van der Waals surface area contributed by atoms with Gasteiger partial charge in [-0.25, -0.2) is 18.6 Å². The Morgan fingerprint density at radius 3 is 2.45 bits per heavy atom. The minimum absolute atomic E-state index is 0.212. The summed E-state index contributed by atoms with van der Waals surface area (Å²) in [4.78, 5) is 14.5. The van der Waals surface area contributed by atoms with Gasteiger partial charge in [0.1, 0.15) is 5.69 Å². The van der Waals surface area contributed by atoms with Gasteiger partial charge in [0.2, 0.25) is 5.88 Å². The average Bonchev–Trinajstić information content (AvgIpc) is 2.34. The summed E-state index contributed by atoms with van der Waals surface area (Å²) in [6.07, 6.45) is -8.29. The van der Waals surface area contributed by atoms with Gasteiger partial charge in [-0.15, -0.1) is 13.2 Å². The number of hydrogen-bond donors (Lipinski definition) is 0. The maximum atomic E-state index is 12.8. The Labute approximate surface area is 118 Å². The molecule has 0 aromatic carbocycles. The highest BCUT2D eigenvalue weighted by atomic mass is 79.9. The van der Waals surface area contributed by atoms with Crippen LogP contribution in [-0.4, -0.2) is 24.4 Å². The number of halogens is 6. The van der Waals surface area contributed by atoms with Crippen molar-refractivity contribution >= 4 is 21.9 Å². The molecule has 4 nitrogen and oxygen atoms in total. The first-order valence-corrected chi connectivity index (χ1v) is 6.03. The zero-order chi connectivity index (χ0) is 15.5. The molecule has 20 heavy (non-hydrogen) atoms. The summed E-state index contributed by atoms with van der Waals surface area (Å²) >= 11 is 2.87. The Morgan fingerprint density at radius 2 is 2.05 bits per heavy atom. The van der Waals surface area contributed by atoms with Crippen LogP contribution in [0.2, 0.25) is 0 Å². The first-order chi connectivity index (χ1) is 9.19. The molecule has 0 bridgehead atoms. The predicted molar refractivity (Wildman–Crippen MR) is 59.8 cm³/mol. The molecule has 0 aliphatic carbocycles. The molecule has 1 aromatic heterocycles. The van der Waals surface area contributed by atoms with Gasteiger partial charge in [-0.05, 0) is 0 Å². The van der Waals surface area contributed by atoms with Crippen LogP contribution in [0.4, 0.5) is 22.0 Å². The first kappa shape index (κ1) is 16.6. The molecule has 0 unspecified atom stereocenters. The number of rotatable bonds is 4. The highest BCUT2D eigenvalue weighted by Crippen LogP contribution is 2.31. The quantitative estimate of drug-likeness (QED) is 0.466. The normalized spacial score (nSPS) is 11.6. The fraction of sp³-hybridized carbons (Fsp3) is 0.400. The van der Waals surface area contributed by atoms with Gasteiger partial charge in [-0.1, -0.05) is 15.9 Å². The number of aromatic nitrogens is 1. The van der Waals surface area contributed by atoms with Gasteiger partial charge in [0.15, 0.2) is 0 Å². The number of nitrogens with zero attached hydrogens (tertiary/aromatic N) is 1. The number of carbonyl (C=O) groups is 1. The number of carbonyl (C=O) groups excluding carboxylic acids is 1. The topological polar surface area (TPSA) is 48.4 Å². The first-order valence-electron chi connectivity index (χ1n) is 4.91. The van der Waals surface area contributed by atoms with E-state index < -0.39 is 35.9 Å². The molecule has 0 fully saturated rings. The van der Waals surface area contributed by atoms with Gasteiger partial charge in [0.05, 0.1) is 12.7 Å². The van der Waals surface area contributed by atoms with E-state index >= 15 is 0 Å². The summed E-state index contributed by atoms with van der Waals surface area (Å²) in [6, 6.07) is 0.599. The molecule has 1 heterocycles. The zero-order valence-electron chi connectivity index (χ0n) is 9.80. The summed E-state index contributed by atoms with van der Waals surface area (Å²) in [7, 11) is 0.965. The maximum Gasteiger partial charge on any atom is 0.574 e. The number of methoxy groups -OCH3 is 1. The van der Waals surface area contributed by atoms with Crippen molar-refractivity contribution in [1.82, 2.24) is 4.98 Å². The molecule has 1 rings (SSSR count). The Hall–Kier alpha value is -1.45. The summed E-state index contributed by atoms with van der Waals surface area (Å²) in [5, 5.41) is -0.212. The average molecular weight is 364 g/mol. The van der Waals surface area contributed by atoms with Gasteiger partial charge in [0.25, 0.3) is 6.43 Å². The number of ether oxygens (including phenoxy) is 2. The van der Waals surface area contributed by atoms with Crippen molar-refractivity contribution in [3.8, 4) is 5.88 Å². The second kappa shape index (κ2) is 6.33. The molecule has 0 amide bonds. The van der Waals surface area contributed by atoms with E-state index in [9.17, 15) is 26.7 Å². The van der Waals surface area contributed by atoms with Crippen LogP contribution in [0.3, 0.4) is 0 Å². The van der Waals surface area contributed by atoms with Crippen LogP contribution in [-0.2, 0) is 10.1 Å². The van der Waals surface area contributed by atoms with E-state index in [4.69, 9.17) is 0 Å². The highest BCUT2D eigenvalue weighted by molar-refractivity contribution is 9.08. The lowest BCUT2D eigenvalue weighted by Crippen LogP contribution is -2.20. The number of esters is 1. The molecule has 0 aliphatic rings. The van der Waals surface area contributed by atoms with Gasteiger partial charge < -0.3 is 9.47 Å². The minimum Gasteiger partial charge on any atom is -0.465 e. The van der Waals surface area contributed by atoms with Crippen molar-refractivity contribution in [2.75, 3.05) is 7.11 Å². The monoisotopic (exact) mass is 363 g/mol. The van der Waals surface area contributed by atoms with E-state index in [-0.39, 0.29) is 10.9 Å². The Bertz CT molecular complexity index is 506. The van der Waals surface area contributed by atoms with Crippen LogP contribution in [0, 0.1) is 0 Å². The molecule has 0 saturated heterocycles. The van der Waals surface area contributed by atoms with Crippen LogP contribution in [0.25, 0.3) is 0 Å². The predicted octanol–water partition coefficient (Wildman–Crippen LogP) is 3.60. The fourth-order valence-electron chi connectivity index (χ4n) is 1.35. The fourth-order valence-corrected chi connectivity index (χ4v) is 1.94. The molecule has 0 atom stereocenters. The smallest absolute Gasteiger partial charge is 0.465 e. The van der Waals surface area contributed by atoms with Gasteiger partial charge >= 0.3 is 12.3 Å². The summed E-state index contributed by atoms with van der Waals surface area (Å²) in [5.74, 6) is -2.23. The Morgan fingerprint density at radius 1 is 1.45 bits per heavy atom. The van der Waals surface area contributed by atoms with Crippen LogP contribution < -0.4 is 4.74 Å². The van der Waals surface area contributed by atoms with Gasteiger partial charge in [-0.3, -0.25) is 0 Å². The molecule has 10 heteroatoms.